The van der Waals surface area contributed by atoms with Crippen molar-refractivity contribution in [1.29, 1.82) is 0 Å². The molecular weight excluding hydrogens is 345 g/mol. The molecule has 0 amide bonds. The lowest BCUT2D eigenvalue weighted by molar-refractivity contribution is 0.915. The molecule has 0 fully saturated rings. The molecule has 0 unspecified atom stereocenters. The molecule has 19 heavy (non-hydrogen) atoms. The van der Waals surface area contributed by atoms with Gasteiger partial charge in [-0.05, 0) is 35.4 Å². The maximum Gasteiger partial charge on any atom is 0.0494 e. The number of nitrogens with zero attached hydrogens (tertiary/aromatic N) is 1. The van der Waals surface area contributed by atoms with Crippen molar-refractivity contribution in [3.63, 3.8) is 0 Å². The third-order valence-electron chi connectivity index (χ3n) is 2.94. The fourth-order valence-corrected chi connectivity index (χ4v) is 2.66. The predicted molar refractivity (Wildman–Crippen MR) is 87.3 cm³/mol. The van der Waals surface area contributed by atoms with Crippen LogP contribution in [-0.2, 0) is 12.4 Å². The van der Waals surface area contributed by atoms with Gasteiger partial charge in [0.15, 0.2) is 0 Å². The zero-order chi connectivity index (χ0) is 13.8. The second kappa shape index (κ2) is 6.65. The summed E-state index contributed by atoms with van der Waals surface area (Å²) in [7, 11) is 2.06. The third-order valence-corrected chi connectivity index (χ3v) is 3.97. The Bertz CT molecular complexity index is 555. The molecule has 0 saturated heterocycles. The van der Waals surface area contributed by atoms with E-state index < -0.39 is 0 Å². The second-order valence-electron chi connectivity index (χ2n) is 4.39. The molecule has 0 spiro atoms. The van der Waals surface area contributed by atoms with Crippen LogP contribution in [0.5, 0.6) is 0 Å². The number of hydrogen-bond donors (Lipinski definition) is 0. The van der Waals surface area contributed by atoms with Crippen LogP contribution in [0.2, 0.25) is 5.02 Å². The summed E-state index contributed by atoms with van der Waals surface area (Å²) in [4.78, 5) is 2.19. The van der Waals surface area contributed by atoms with Crippen molar-refractivity contribution in [2.24, 2.45) is 0 Å². The number of halogens is 3. The lowest BCUT2D eigenvalue weighted by Crippen LogP contribution is -2.17. The van der Waals surface area contributed by atoms with E-state index in [1.54, 1.807) is 0 Å². The summed E-state index contributed by atoms with van der Waals surface area (Å²) >= 11 is 15.4. The summed E-state index contributed by atoms with van der Waals surface area (Å²) in [5.41, 5.74) is 3.48. The molecule has 0 aliphatic rings. The van der Waals surface area contributed by atoms with Gasteiger partial charge in [-0.1, -0.05) is 45.7 Å². The lowest BCUT2D eigenvalue weighted by atomic mass is 10.1. The molecule has 2 aromatic carbocycles. The molecule has 0 atom stereocenters. The van der Waals surface area contributed by atoms with Crippen LogP contribution in [0.4, 0.5) is 5.69 Å². The Morgan fingerprint density at radius 2 is 1.79 bits per heavy atom. The van der Waals surface area contributed by atoms with Gasteiger partial charge in [-0.25, -0.2) is 0 Å². The number of benzene rings is 2. The van der Waals surface area contributed by atoms with Gasteiger partial charge in [-0.15, -0.1) is 11.6 Å². The van der Waals surface area contributed by atoms with Gasteiger partial charge in [0.1, 0.15) is 0 Å². The van der Waals surface area contributed by atoms with Crippen molar-refractivity contribution in [3.05, 3.63) is 63.1 Å². The van der Waals surface area contributed by atoms with Gasteiger partial charge in [0, 0.05) is 34.7 Å². The van der Waals surface area contributed by atoms with Gasteiger partial charge in [0.25, 0.3) is 0 Å². The minimum absolute atomic E-state index is 0.508. The molecule has 100 valence electrons. The summed E-state index contributed by atoms with van der Waals surface area (Å²) in [5.74, 6) is 0.508. The van der Waals surface area contributed by atoms with Crippen LogP contribution >= 0.6 is 39.1 Å². The average molecular weight is 359 g/mol. The summed E-state index contributed by atoms with van der Waals surface area (Å²) in [5, 5.41) is 0.760. The minimum Gasteiger partial charge on any atom is -0.370 e. The highest BCUT2D eigenvalue weighted by Gasteiger charge is 2.08. The highest BCUT2D eigenvalue weighted by molar-refractivity contribution is 9.10. The van der Waals surface area contributed by atoms with Crippen LogP contribution in [-0.4, -0.2) is 7.05 Å². The van der Waals surface area contributed by atoms with Crippen LogP contribution in [0.25, 0.3) is 0 Å². The molecule has 0 heterocycles. The SMILES string of the molecule is CN(Cc1ccc(Cl)cc1)c1cc(Br)ccc1CCl. The molecule has 0 N–H and O–H groups in total. The minimum atomic E-state index is 0.508. The van der Waals surface area contributed by atoms with Crippen LogP contribution in [0.1, 0.15) is 11.1 Å². The molecule has 0 bridgehead atoms. The van der Waals surface area contributed by atoms with Crippen molar-refractivity contribution in [3.8, 4) is 0 Å². The standard InChI is InChI=1S/C15H14BrCl2N/c1-19(10-11-2-6-14(18)7-3-11)15-8-13(16)5-4-12(15)9-17/h2-8H,9-10H2,1H3. The van der Waals surface area contributed by atoms with E-state index in [2.05, 4.69) is 33.9 Å². The smallest absolute Gasteiger partial charge is 0.0494 e. The predicted octanol–water partition coefficient (Wildman–Crippen LogP) is 5.48. The molecule has 1 nitrogen and oxygen atoms in total. The summed E-state index contributed by atoms with van der Waals surface area (Å²) in [6.45, 7) is 0.817. The number of alkyl halides is 1. The van der Waals surface area contributed by atoms with E-state index >= 15 is 0 Å². The first kappa shape index (κ1) is 14.7. The van der Waals surface area contributed by atoms with E-state index in [4.69, 9.17) is 23.2 Å². The van der Waals surface area contributed by atoms with Crippen LogP contribution in [0, 0.1) is 0 Å². The van der Waals surface area contributed by atoms with Crippen LogP contribution in [0.15, 0.2) is 46.9 Å². The number of hydrogen-bond acceptors (Lipinski definition) is 1. The average Bonchev–Trinajstić information content (AvgIpc) is 2.41. The number of anilines is 1. The van der Waals surface area contributed by atoms with Gasteiger partial charge in [0.2, 0.25) is 0 Å². The van der Waals surface area contributed by atoms with Crippen molar-refractivity contribution >= 4 is 44.8 Å². The fraction of sp³-hybridized carbons (Fsp3) is 0.200. The first-order valence-electron chi connectivity index (χ1n) is 5.90. The molecule has 0 aliphatic heterocycles. The molecule has 4 heteroatoms. The van der Waals surface area contributed by atoms with Crippen molar-refractivity contribution in [2.45, 2.75) is 12.4 Å². The van der Waals surface area contributed by atoms with Gasteiger partial charge in [-0.2, -0.15) is 0 Å². The topological polar surface area (TPSA) is 3.24 Å². The molecule has 0 radical (unpaired) electrons. The van der Waals surface area contributed by atoms with Gasteiger partial charge >= 0.3 is 0 Å². The summed E-state index contributed by atoms with van der Waals surface area (Å²) in [6, 6.07) is 14.0. The van der Waals surface area contributed by atoms with Crippen molar-refractivity contribution in [1.82, 2.24) is 0 Å². The van der Waals surface area contributed by atoms with E-state index in [1.807, 2.05) is 36.4 Å². The van der Waals surface area contributed by atoms with Gasteiger partial charge in [-0.3, -0.25) is 0 Å². The maximum atomic E-state index is 5.99. The van der Waals surface area contributed by atoms with Crippen LogP contribution in [0.3, 0.4) is 0 Å². The van der Waals surface area contributed by atoms with Crippen molar-refractivity contribution in [2.75, 3.05) is 11.9 Å². The van der Waals surface area contributed by atoms with Gasteiger partial charge in [0.05, 0.1) is 0 Å². The zero-order valence-corrected chi connectivity index (χ0v) is 13.6. The Balaban J connectivity index is 2.21. The van der Waals surface area contributed by atoms with E-state index in [0.717, 1.165) is 27.3 Å². The van der Waals surface area contributed by atoms with E-state index in [9.17, 15) is 0 Å². The van der Waals surface area contributed by atoms with Crippen LogP contribution < -0.4 is 4.90 Å². The highest BCUT2D eigenvalue weighted by Crippen LogP contribution is 2.27. The first-order chi connectivity index (χ1) is 9.10. The Hall–Kier alpha value is -0.700. The van der Waals surface area contributed by atoms with Gasteiger partial charge < -0.3 is 4.90 Å². The lowest BCUT2D eigenvalue weighted by Gasteiger charge is -2.22. The van der Waals surface area contributed by atoms with E-state index in [-0.39, 0.29) is 0 Å². The van der Waals surface area contributed by atoms with E-state index in [0.29, 0.717) is 5.88 Å². The summed E-state index contributed by atoms with van der Waals surface area (Å²) < 4.78 is 1.05. The van der Waals surface area contributed by atoms with Crippen molar-refractivity contribution < 1.29 is 0 Å². The highest BCUT2D eigenvalue weighted by atomic mass is 79.9. The largest absolute Gasteiger partial charge is 0.370 e. The number of rotatable bonds is 4. The Morgan fingerprint density at radius 3 is 2.42 bits per heavy atom. The fourth-order valence-electron chi connectivity index (χ4n) is 1.95. The Labute approximate surface area is 132 Å². The monoisotopic (exact) mass is 357 g/mol. The zero-order valence-electron chi connectivity index (χ0n) is 10.5. The molecule has 0 aliphatic carbocycles. The second-order valence-corrected chi connectivity index (χ2v) is 6.01. The normalized spacial score (nSPS) is 10.5. The molecule has 0 saturated carbocycles. The molecule has 2 aromatic rings. The Kier molecular flexibility index (Phi) is 5.14. The summed E-state index contributed by atoms with van der Waals surface area (Å²) in [6.07, 6.45) is 0. The maximum absolute atomic E-state index is 5.99. The molecule has 2 rings (SSSR count). The first-order valence-corrected chi connectivity index (χ1v) is 7.60. The third kappa shape index (κ3) is 3.88. The Morgan fingerprint density at radius 1 is 1.11 bits per heavy atom. The quantitative estimate of drug-likeness (QED) is 0.654. The molecular formula is C15H14BrCl2N. The molecule has 0 aromatic heterocycles. The van der Waals surface area contributed by atoms with E-state index in [1.165, 1.54) is 5.56 Å².